The minimum atomic E-state index is -0.355. The Kier molecular flexibility index (Phi) is 4.67. The smallest absolute Gasteiger partial charge is 0.257 e. The topological polar surface area (TPSA) is 69.3 Å². The van der Waals surface area contributed by atoms with Crippen LogP contribution in [0.15, 0.2) is 36.4 Å². The fraction of sp³-hybridized carbons (Fsp3) is 0.409. The van der Waals surface area contributed by atoms with Crippen molar-refractivity contribution in [3.8, 4) is 17.2 Å². The number of fused-ring (bicyclic) bond motifs is 2. The minimum Gasteiger partial charge on any atom is -0.493 e. The lowest BCUT2D eigenvalue weighted by Gasteiger charge is -2.39. The van der Waals surface area contributed by atoms with Crippen LogP contribution < -0.4 is 19.5 Å². The van der Waals surface area contributed by atoms with E-state index in [4.69, 9.17) is 18.9 Å². The number of carbonyl (C=O) groups is 1. The molecule has 0 aromatic heterocycles. The van der Waals surface area contributed by atoms with Gasteiger partial charge in [-0.2, -0.15) is 0 Å². The molecule has 0 bridgehead atoms. The Hall–Kier alpha value is -2.93. The first-order valence-corrected chi connectivity index (χ1v) is 10.0. The summed E-state index contributed by atoms with van der Waals surface area (Å²) in [7, 11) is 1.61. The lowest BCUT2D eigenvalue weighted by molar-refractivity contribution is 0.0426. The van der Waals surface area contributed by atoms with Crippen molar-refractivity contribution in [1.29, 1.82) is 0 Å². The summed E-state index contributed by atoms with van der Waals surface area (Å²) in [5.74, 6) is 1.84. The summed E-state index contributed by atoms with van der Waals surface area (Å²) in [4.78, 5) is 15.2. The van der Waals surface area contributed by atoms with Gasteiger partial charge in [0.25, 0.3) is 5.91 Å². The Labute approximate surface area is 169 Å². The summed E-state index contributed by atoms with van der Waals surface area (Å²) >= 11 is 0. The number of amides is 1. The third kappa shape index (κ3) is 3.25. The first-order valence-electron chi connectivity index (χ1n) is 10.0. The lowest BCUT2D eigenvalue weighted by Crippen LogP contribution is -2.46. The normalized spacial score (nSPS) is 22.8. The van der Waals surface area contributed by atoms with E-state index < -0.39 is 0 Å². The molecule has 0 spiro atoms. The molecule has 3 heterocycles. The van der Waals surface area contributed by atoms with Gasteiger partial charge in [0.05, 0.1) is 18.8 Å². The van der Waals surface area contributed by atoms with Crippen molar-refractivity contribution < 1.29 is 23.7 Å². The van der Waals surface area contributed by atoms with Crippen molar-refractivity contribution >= 4 is 11.6 Å². The average molecular weight is 396 g/mol. The van der Waals surface area contributed by atoms with E-state index >= 15 is 0 Å². The zero-order valence-electron chi connectivity index (χ0n) is 16.3. The monoisotopic (exact) mass is 396 g/mol. The molecule has 1 amide bonds. The van der Waals surface area contributed by atoms with Gasteiger partial charge in [0.1, 0.15) is 19.4 Å². The van der Waals surface area contributed by atoms with Gasteiger partial charge in [-0.05, 0) is 37.1 Å². The lowest BCUT2D eigenvalue weighted by atomic mass is 10.0. The van der Waals surface area contributed by atoms with E-state index in [9.17, 15) is 4.79 Å². The molecule has 3 aliphatic heterocycles. The van der Waals surface area contributed by atoms with E-state index in [1.165, 1.54) is 0 Å². The largest absolute Gasteiger partial charge is 0.493 e. The molecular formula is C22H24N2O5. The zero-order chi connectivity index (χ0) is 19.8. The first-order chi connectivity index (χ1) is 14.2. The Morgan fingerprint density at radius 2 is 2.03 bits per heavy atom. The molecule has 1 saturated heterocycles. The Bertz CT molecular complexity index is 908. The van der Waals surface area contributed by atoms with E-state index in [1.807, 2.05) is 41.3 Å². The number of rotatable bonds is 4. The first kappa shape index (κ1) is 18.1. The van der Waals surface area contributed by atoms with Crippen molar-refractivity contribution in [2.24, 2.45) is 0 Å². The predicted octanol–water partition coefficient (Wildman–Crippen LogP) is 3.21. The number of hydrogen-bond donors (Lipinski definition) is 1. The molecule has 0 unspecified atom stereocenters. The molecule has 7 nitrogen and oxygen atoms in total. The van der Waals surface area contributed by atoms with Crippen LogP contribution in [0, 0.1) is 0 Å². The van der Waals surface area contributed by atoms with Crippen LogP contribution in [0.5, 0.6) is 17.2 Å². The Morgan fingerprint density at radius 3 is 2.86 bits per heavy atom. The summed E-state index contributed by atoms with van der Waals surface area (Å²) in [6, 6.07) is 11.4. The molecule has 7 heteroatoms. The van der Waals surface area contributed by atoms with Crippen molar-refractivity contribution in [3.05, 3.63) is 47.5 Å². The van der Waals surface area contributed by atoms with E-state index in [1.54, 1.807) is 7.11 Å². The fourth-order valence-electron chi connectivity index (χ4n) is 4.20. The molecule has 1 N–H and O–H groups in total. The third-order valence-corrected chi connectivity index (χ3v) is 5.61. The average Bonchev–Trinajstić information content (AvgIpc) is 3.28. The molecule has 29 heavy (non-hydrogen) atoms. The predicted molar refractivity (Wildman–Crippen MR) is 107 cm³/mol. The molecule has 0 aliphatic carbocycles. The van der Waals surface area contributed by atoms with Crippen LogP contribution in [0.1, 0.15) is 34.9 Å². The van der Waals surface area contributed by atoms with Crippen molar-refractivity contribution in [3.63, 3.8) is 0 Å². The van der Waals surface area contributed by atoms with Crippen LogP contribution in [0.25, 0.3) is 0 Å². The summed E-state index contributed by atoms with van der Waals surface area (Å²) in [5.41, 5.74) is 2.37. The number of para-hydroxylation sites is 1. The molecule has 0 saturated carbocycles. The zero-order valence-corrected chi connectivity index (χ0v) is 16.3. The van der Waals surface area contributed by atoms with Gasteiger partial charge in [0.2, 0.25) is 5.75 Å². The van der Waals surface area contributed by atoms with Gasteiger partial charge < -0.3 is 29.2 Å². The van der Waals surface area contributed by atoms with Gasteiger partial charge in [-0.15, -0.1) is 0 Å². The highest BCUT2D eigenvalue weighted by molar-refractivity contribution is 6.01. The maximum absolute atomic E-state index is 13.4. The highest BCUT2D eigenvalue weighted by Crippen LogP contribution is 2.44. The van der Waals surface area contributed by atoms with Gasteiger partial charge in [-0.25, -0.2) is 0 Å². The fourth-order valence-corrected chi connectivity index (χ4v) is 4.20. The number of carbonyl (C=O) groups excluding carboxylic acids is 1. The number of nitrogens with one attached hydrogen (secondary N) is 1. The minimum absolute atomic E-state index is 0.00583. The van der Waals surface area contributed by atoms with E-state index in [0.717, 1.165) is 30.7 Å². The molecule has 1 fully saturated rings. The Morgan fingerprint density at radius 1 is 1.17 bits per heavy atom. The number of hydrogen-bond acceptors (Lipinski definition) is 6. The second-order valence-electron chi connectivity index (χ2n) is 7.43. The summed E-state index contributed by atoms with van der Waals surface area (Å²) in [5, 5.41) is 3.52. The van der Waals surface area contributed by atoms with Gasteiger partial charge in [-0.3, -0.25) is 4.79 Å². The quantitative estimate of drug-likeness (QED) is 0.856. The number of methoxy groups -OCH3 is 1. The van der Waals surface area contributed by atoms with Gasteiger partial charge in [0, 0.05) is 24.4 Å². The van der Waals surface area contributed by atoms with Gasteiger partial charge in [-0.1, -0.05) is 12.1 Å². The molecule has 152 valence electrons. The van der Waals surface area contributed by atoms with Crippen LogP contribution in [0.4, 0.5) is 5.69 Å². The standard InChI is InChI=1S/C22H24N2O5/c1-26-18-11-14(12-19-20(18)29-10-9-28-19)21-23-17-7-3-2-6-16(17)22(25)24(21)13-15-5-4-8-27-15/h2-3,6-7,11-12,15,21,23H,4-5,8-10,13H2,1H3/t15-,21+/m1/s1. The van der Waals surface area contributed by atoms with Crippen LogP contribution in [0.3, 0.4) is 0 Å². The molecule has 0 radical (unpaired) electrons. The van der Waals surface area contributed by atoms with Crippen LogP contribution in [0.2, 0.25) is 0 Å². The molecule has 5 rings (SSSR count). The van der Waals surface area contributed by atoms with Crippen molar-refractivity contribution in [1.82, 2.24) is 4.90 Å². The highest BCUT2D eigenvalue weighted by Gasteiger charge is 2.36. The highest BCUT2D eigenvalue weighted by atomic mass is 16.6. The van der Waals surface area contributed by atoms with Crippen LogP contribution >= 0.6 is 0 Å². The van der Waals surface area contributed by atoms with E-state index in [-0.39, 0.29) is 18.2 Å². The molecular weight excluding hydrogens is 372 g/mol. The van der Waals surface area contributed by atoms with E-state index in [0.29, 0.717) is 42.6 Å². The second-order valence-corrected chi connectivity index (χ2v) is 7.43. The second kappa shape index (κ2) is 7.48. The van der Waals surface area contributed by atoms with Gasteiger partial charge in [0.15, 0.2) is 11.5 Å². The Balaban J connectivity index is 1.56. The number of nitrogens with zero attached hydrogens (tertiary/aromatic N) is 1. The third-order valence-electron chi connectivity index (χ3n) is 5.61. The van der Waals surface area contributed by atoms with E-state index in [2.05, 4.69) is 5.32 Å². The number of benzene rings is 2. The molecule has 3 aliphatic rings. The maximum atomic E-state index is 13.4. The SMILES string of the molecule is COc1cc([C@H]2Nc3ccccc3C(=O)N2C[C@H]2CCCO2)cc2c1OCCO2. The molecule has 2 aromatic rings. The molecule has 2 atom stereocenters. The summed E-state index contributed by atoms with van der Waals surface area (Å²) in [6.45, 7) is 2.25. The van der Waals surface area contributed by atoms with Gasteiger partial charge >= 0.3 is 0 Å². The van der Waals surface area contributed by atoms with Crippen LogP contribution in [-0.2, 0) is 4.74 Å². The maximum Gasteiger partial charge on any atom is 0.257 e. The van der Waals surface area contributed by atoms with Crippen molar-refractivity contribution in [2.45, 2.75) is 25.1 Å². The number of anilines is 1. The van der Waals surface area contributed by atoms with Crippen molar-refractivity contribution in [2.75, 3.05) is 38.8 Å². The van der Waals surface area contributed by atoms with Crippen LogP contribution in [-0.4, -0.2) is 50.4 Å². The summed E-state index contributed by atoms with van der Waals surface area (Å²) in [6.07, 6.45) is 1.68. The molecule has 2 aromatic carbocycles. The number of ether oxygens (including phenoxy) is 4. The summed E-state index contributed by atoms with van der Waals surface area (Å²) < 4.78 is 22.9.